The van der Waals surface area contributed by atoms with Crippen LogP contribution in [-0.4, -0.2) is 87.3 Å². The van der Waals surface area contributed by atoms with Gasteiger partial charge in [0, 0.05) is 32.4 Å². The SMILES string of the molecule is CSCC(=O)N1CC[C@@H]2NC(=O)[C@H]3C[C@H](NC(=O)c4cccn4C)CN3C(=O)[C@H]21. The van der Waals surface area contributed by atoms with Crippen LogP contribution in [0.1, 0.15) is 23.3 Å². The topological polar surface area (TPSA) is 104 Å². The summed E-state index contributed by atoms with van der Waals surface area (Å²) in [5, 5.41) is 5.90. The normalized spacial score (nSPS) is 28.6. The molecule has 1 aromatic rings. The lowest BCUT2D eigenvalue weighted by Gasteiger charge is -2.29. The molecule has 156 valence electrons. The standard InChI is InChI=1S/C19H25N5O4S/c1-22-6-3-4-13(22)17(26)20-11-8-14-18(27)21-12-5-7-23(15(25)10-29-2)16(12)19(28)24(14)9-11/h3-4,6,11-12,14,16H,5,7-10H2,1-2H3,(H,20,26)(H,21,27)/t11-,12-,14+,16-/m0/s1. The molecule has 3 fully saturated rings. The largest absolute Gasteiger partial charge is 0.349 e. The van der Waals surface area contributed by atoms with E-state index in [-0.39, 0.29) is 42.3 Å². The fourth-order valence-electron chi connectivity index (χ4n) is 4.57. The summed E-state index contributed by atoms with van der Waals surface area (Å²) in [5.41, 5.74) is 0.521. The number of nitrogens with zero attached hydrogens (tertiary/aromatic N) is 3. The van der Waals surface area contributed by atoms with Gasteiger partial charge in [-0.1, -0.05) is 0 Å². The molecule has 9 nitrogen and oxygen atoms in total. The molecule has 4 atom stereocenters. The minimum absolute atomic E-state index is 0.0844. The number of amides is 4. The summed E-state index contributed by atoms with van der Waals surface area (Å²) in [6.07, 6.45) is 4.58. The molecule has 3 aliphatic rings. The van der Waals surface area contributed by atoms with Crippen LogP contribution in [0.2, 0.25) is 0 Å². The molecular weight excluding hydrogens is 394 g/mol. The molecule has 0 radical (unpaired) electrons. The van der Waals surface area contributed by atoms with Crippen molar-refractivity contribution in [2.24, 2.45) is 7.05 Å². The van der Waals surface area contributed by atoms with Gasteiger partial charge in [-0.05, 0) is 31.2 Å². The zero-order chi connectivity index (χ0) is 20.7. The van der Waals surface area contributed by atoms with E-state index in [2.05, 4.69) is 10.6 Å². The molecule has 0 spiro atoms. The number of aryl methyl sites for hydroxylation is 1. The van der Waals surface area contributed by atoms with Gasteiger partial charge in [0.15, 0.2) is 0 Å². The molecule has 0 unspecified atom stereocenters. The van der Waals surface area contributed by atoms with E-state index in [0.29, 0.717) is 30.8 Å². The van der Waals surface area contributed by atoms with Crippen molar-refractivity contribution in [2.45, 2.75) is 37.0 Å². The van der Waals surface area contributed by atoms with E-state index in [4.69, 9.17) is 0 Å². The predicted molar refractivity (Wildman–Crippen MR) is 107 cm³/mol. The van der Waals surface area contributed by atoms with Crippen molar-refractivity contribution in [3.8, 4) is 0 Å². The summed E-state index contributed by atoms with van der Waals surface area (Å²) in [6, 6.07) is 1.57. The first-order chi connectivity index (χ1) is 13.9. The Morgan fingerprint density at radius 3 is 2.83 bits per heavy atom. The van der Waals surface area contributed by atoms with Crippen molar-refractivity contribution in [3.63, 3.8) is 0 Å². The van der Waals surface area contributed by atoms with Crippen LogP contribution in [0.5, 0.6) is 0 Å². The smallest absolute Gasteiger partial charge is 0.268 e. The molecule has 0 bridgehead atoms. The lowest BCUT2D eigenvalue weighted by Crippen LogP contribution is -2.53. The third kappa shape index (κ3) is 3.50. The third-order valence-electron chi connectivity index (χ3n) is 5.97. The summed E-state index contributed by atoms with van der Waals surface area (Å²) in [7, 11) is 1.79. The highest BCUT2D eigenvalue weighted by Gasteiger charge is 2.52. The minimum atomic E-state index is -0.661. The van der Waals surface area contributed by atoms with Crippen LogP contribution >= 0.6 is 11.8 Å². The quantitative estimate of drug-likeness (QED) is 0.664. The maximum atomic E-state index is 13.3. The van der Waals surface area contributed by atoms with E-state index in [0.717, 1.165) is 0 Å². The monoisotopic (exact) mass is 419 g/mol. The van der Waals surface area contributed by atoms with Gasteiger partial charge in [-0.2, -0.15) is 11.8 Å². The highest BCUT2D eigenvalue weighted by molar-refractivity contribution is 7.99. The fourth-order valence-corrected chi connectivity index (χ4v) is 4.99. The maximum absolute atomic E-state index is 13.3. The second-order valence-electron chi connectivity index (χ2n) is 7.79. The molecule has 10 heteroatoms. The Balaban J connectivity index is 1.50. The molecule has 1 aromatic heterocycles. The molecule has 4 rings (SSSR count). The highest BCUT2D eigenvalue weighted by Crippen LogP contribution is 2.29. The Bertz CT molecular complexity index is 855. The van der Waals surface area contributed by atoms with Gasteiger partial charge in [-0.15, -0.1) is 0 Å². The van der Waals surface area contributed by atoms with Gasteiger partial charge in [0.2, 0.25) is 17.7 Å². The number of thioether (sulfide) groups is 1. The van der Waals surface area contributed by atoms with Gasteiger partial charge in [0.05, 0.1) is 11.8 Å². The van der Waals surface area contributed by atoms with Gasteiger partial charge in [-0.25, -0.2) is 0 Å². The Hall–Kier alpha value is -2.49. The predicted octanol–water partition coefficient (Wildman–Crippen LogP) is -0.813. The number of hydrogen-bond acceptors (Lipinski definition) is 5. The number of rotatable bonds is 4. The lowest BCUT2D eigenvalue weighted by atomic mass is 10.1. The van der Waals surface area contributed by atoms with Crippen LogP contribution in [0.4, 0.5) is 0 Å². The number of hydrogen-bond donors (Lipinski definition) is 2. The van der Waals surface area contributed by atoms with Crippen LogP contribution in [0, 0.1) is 0 Å². The second kappa shape index (κ2) is 7.74. The second-order valence-corrected chi connectivity index (χ2v) is 8.65. The first-order valence-corrected chi connectivity index (χ1v) is 11.1. The fraction of sp³-hybridized carbons (Fsp3) is 0.579. The summed E-state index contributed by atoms with van der Waals surface area (Å²) in [5.74, 6) is -0.424. The highest BCUT2D eigenvalue weighted by atomic mass is 32.2. The Kier molecular flexibility index (Phi) is 5.28. The van der Waals surface area contributed by atoms with Gasteiger partial charge in [-0.3, -0.25) is 19.2 Å². The molecular formula is C19H25N5O4S. The van der Waals surface area contributed by atoms with Crippen LogP contribution in [0.25, 0.3) is 0 Å². The van der Waals surface area contributed by atoms with Gasteiger partial charge < -0.3 is 25.0 Å². The van der Waals surface area contributed by atoms with Crippen LogP contribution in [0.15, 0.2) is 18.3 Å². The number of aromatic nitrogens is 1. The van der Waals surface area contributed by atoms with Gasteiger partial charge in [0.1, 0.15) is 17.8 Å². The third-order valence-corrected chi connectivity index (χ3v) is 6.50. The van der Waals surface area contributed by atoms with Crippen LogP contribution in [0.3, 0.4) is 0 Å². The summed E-state index contributed by atoms with van der Waals surface area (Å²) >= 11 is 1.42. The number of nitrogens with one attached hydrogen (secondary N) is 2. The summed E-state index contributed by atoms with van der Waals surface area (Å²) in [4.78, 5) is 54.2. The van der Waals surface area contributed by atoms with E-state index in [1.807, 2.05) is 6.26 Å². The van der Waals surface area contributed by atoms with Crippen LogP contribution in [-0.2, 0) is 21.4 Å². The summed E-state index contributed by atoms with van der Waals surface area (Å²) < 4.78 is 1.72. The van der Waals surface area contributed by atoms with Crippen molar-refractivity contribution in [1.82, 2.24) is 25.0 Å². The molecule has 0 aliphatic carbocycles. The first kappa shape index (κ1) is 19.8. The van der Waals surface area contributed by atoms with E-state index < -0.39 is 12.1 Å². The maximum Gasteiger partial charge on any atom is 0.268 e. The van der Waals surface area contributed by atoms with Crippen molar-refractivity contribution in [2.75, 3.05) is 25.1 Å². The Morgan fingerprint density at radius 1 is 1.34 bits per heavy atom. The molecule has 3 aliphatic heterocycles. The molecule has 4 heterocycles. The molecule has 29 heavy (non-hydrogen) atoms. The van der Waals surface area contributed by atoms with Crippen LogP contribution < -0.4 is 10.6 Å². The van der Waals surface area contributed by atoms with E-state index in [1.165, 1.54) is 11.8 Å². The number of likely N-dealkylation sites (tertiary alicyclic amines) is 1. The average Bonchev–Trinajstić information content (AvgIpc) is 3.38. The molecule has 2 N–H and O–H groups in total. The molecule has 0 saturated carbocycles. The van der Waals surface area contributed by atoms with Crippen molar-refractivity contribution in [1.29, 1.82) is 0 Å². The van der Waals surface area contributed by atoms with Crippen molar-refractivity contribution < 1.29 is 19.2 Å². The first-order valence-electron chi connectivity index (χ1n) is 9.72. The molecule has 4 amide bonds. The number of carbonyl (C=O) groups excluding carboxylic acids is 4. The van der Waals surface area contributed by atoms with E-state index in [9.17, 15) is 19.2 Å². The van der Waals surface area contributed by atoms with E-state index in [1.54, 1.807) is 39.7 Å². The van der Waals surface area contributed by atoms with E-state index >= 15 is 0 Å². The molecule has 0 aromatic carbocycles. The van der Waals surface area contributed by atoms with Gasteiger partial charge >= 0.3 is 0 Å². The lowest BCUT2D eigenvalue weighted by molar-refractivity contribution is -0.143. The zero-order valence-corrected chi connectivity index (χ0v) is 17.3. The number of fused-ring (bicyclic) bond motifs is 2. The Morgan fingerprint density at radius 2 is 2.14 bits per heavy atom. The van der Waals surface area contributed by atoms with Crippen molar-refractivity contribution in [3.05, 3.63) is 24.0 Å². The van der Waals surface area contributed by atoms with Crippen molar-refractivity contribution >= 4 is 35.4 Å². The number of carbonyl (C=O) groups is 4. The zero-order valence-electron chi connectivity index (χ0n) is 16.5. The Labute approximate surface area is 173 Å². The van der Waals surface area contributed by atoms with Gasteiger partial charge in [0.25, 0.3) is 5.91 Å². The minimum Gasteiger partial charge on any atom is -0.349 e. The molecule has 3 saturated heterocycles. The summed E-state index contributed by atoms with van der Waals surface area (Å²) in [6.45, 7) is 0.730. The average molecular weight is 420 g/mol.